The molecule has 0 aliphatic rings. The van der Waals surface area contributed by atoms with Crippen molar-refractivity contribution in [2.24, 2.45) is 0 Å². The topological polar surface area (TPSA) is 78.9 Å². The van der Waals surface area contributed by atoms with Crippen LogP contribution in [-0.2, 0) is 28.6 Å². The fourth-order valence-corrected chi connectivity index (χ4v) is 7.26. The van der Waals surface area contributed by atoms with Gasteiger partial charge in [0.2, 0.25) is 0 Å². The zero-order chi connectivity index (χ0) is 50.0. The van der Waals surface area contributed by atoms with Gasteiger partial charge in [-0.3, -0.25) is 14.4 Å². The lowest BCUT2D eigenvalue weighted by Crippen LogP contribution is -2.30. The minimum atomic E-state index is -0.783. The van der Waals surface area contributed by atoms with Crippen LogP contribution in [0.25, 0.3) is 0 Å². The SMILES string of the molecule is CC/C=C\C/C=C\C/C=C\C/C=C\C/C=C\C/C=C\C/C=C\C/C=C\C/C=C\CCCCCCCCCC(=O)OCC(COC(=O)CCCCCCCC)OC(=O)CCCCCCC/C=C\CCC. The van der Waals surface area contributed by atoms with E-state index >= 15 is 0 Å². The lowest BCUT2D eigenvalue weighted by molar-refractivity contribution is -0.167. The number of unbranched alkanes of at least 4 members (excludes halogenated alkanes) is 18. The van der Waals surface area contributed by atoms with Gasteiger partial charge in [-0.05, 0) is 109 Å². The van der Waals surface area contributed by atoms with Gasteiger partial charge in [-0.1, -0.05) is 232 Å². The summed E-state index contributed by atoms with van der Waals surface area (Å²) in [7, 11) is 0. The van der Waals surface area contributed by atoms with E-state index in [9.17, 15) is 14.4 Å². The first-order chi connectivity index (χ1) is 34.0. The zero-order valence-electron chi connectivity index (χ0n) is 44.5. The monoisotopic (exact) mass is 955 g/mol. The summed E-state index contributed by atoms with van der Waals surface area (Å²) in [6.45, 7) is 6.37. The Morgan fingerprint density at radius 1 is 0.304 bits per heavy atom. The zero-order valence-corrected chi connectivity index (χ0v) is 44.5. The maximum absolute atomic E-state index is 12.7. The summed E-state index contributed by atoms with van der Waals surface area (Å²) in [6, 6.07) is 0. The van der Waals surface area contributed by atoms with Gasteiger partial charge in [0, 0.05) is 19.3 Å². The number of carbonyl (C=O) groups is 3. The van der Waals surface area contributed by atoms with E-state index in [1.165, 1.54) is 57.8 Å². The molecular formula is C63H102O6. The Morgan fingerprint density at radius 2 is 0.594 bits per heavy atom. The molecule has 0 aromatic heterocycles. The van der Waals surface area contributed by atoms with Crippen LogP contribution in [0.2, 0.25) is 0 Å². The fraction of sp³-hybridized carbons (Fsp3) is 0.635. The van der Waals surface area contributed by atoms with Crippen molar-refractivity contribution in [3.63, 3.8) is 0 Å². The van der Waals surface area contributed by atoms with Gasteiger partial charge in [0.05, 0.1) is 0 Å². The average molecular weight is 956 g/mol. The van der Waals surface area contributed by atoms with Crippen LogP contribution in [0.4, 0.5) is 0 Å². The highest BCUT2D eigenvalue weighted by molar-refractivity contribution is 5.71. The van der Waals surface area contributed by atoms with Crippen molar-refractivity contribution in [2.75, 3.05) is 13.2 Å². The summed E-state index contributed by atoms with van der Waals surface area (Å²) < 4.78 is 16.6. The molecule has 0 aliphatic carbocycles. The maximum Gasteiger partial charge on any atom is 0.306 e. The van der Waals surface area contributed by atoms with Gasteiger partial charge >= 0.3 is 17.9 Å². The predicted molar refractivity (Wildman–Crippen MR) is 297 cm³/mol. The molecule has 0 saturated carbocycles. The van der Waals surface area contributed by atoms with Crippen LogP contribution >= 0.6 is 0 Å². The molecule has 0 amide bonds. The lowest BCUT2D eigenvalue weighted by atomic mass is 10.1. The van der Waals surface area contributed by atoms with Gasteiger partial charge in [0.1, 0.15) is 13.2 Å². The molecule has 0 aromatic rings. The molecule has 0 spiro atoms. The second kappa shape index (κ2) is 56.4. The standard InChI is InChI=1S/C63H102O6/c1-4-7-10-13-16-18-20-21-22-23-24-25-26-27-28-29-30-31-32-33-34-35-36-37-38-39-40-41-42-43-44-46-47-50-53-56-62(65)68-59-60(58-67-61(64)55-52-49-15-12-9-6-3)69-63(66)57-54-51-48-45-19-17-14-11-8-5-2/h7,10-11,14,16,18,21-22,24-25,27-28,30-31,33-34,36-37,39-40,60H,4-6,8-9,12-13,15,17,19-20,23,26,29,32,35,38,41-59H2,1-3H3/b10-7-,14-11-,18-16-,22-21-,25-24-,28-27-,31-30-,34-33-,37-36-,40-39-. The van der Waals surface area contributed by atoms with Gasteiger partial charge in [-0.2, -0.15) is 0 Å². The molecule has 6 nitrogen and oxygen atoms in total. The van der Waals surface area contributed by atoms with E-state index in [0.717, 1.165) is 141 Å². The van der Waals surface area contributed by atoms with Gasteiger partial charge in [-0.25, -0.2) is 0 Å². The number of hydrogen-bond donors (Lipinski definition) is 0. The third-order valence-corrected chi connectivity index (χ3v) is 11.4. The Labute approximate surface area is 424 Å². The van der Waals surface area contributed by atoms with Crippen molar-refractivity contribution < 1.29 is 28.6 Å². The third-order valence-electron chi connectivity index (χ3n) is 11.4. The molecule has 0 radical (unpaired) electrons. The molecule has 1 unspecified atom stereocenters. The van der Waals surface area contributed by atoms with Gasteiger partial charge in [0.15, 0.2) is 6.10 Å². The Balaban J connectivity index is 4.06. The number of ether oxygens (including phenoxy) is 3. The number of carbonyl (C=O) groups excluding carboxylic acids is 3. The van der Waals surface area contributed by atoms with Gasteiger partial charge < -0.3 is 14.2 Å². The molecule has 6 heteroatoms. The van der Waals surface area contributed by atoms with Crippen LogP contribution in [0.15, 0.2) is 122 Å². The molecule has 0 N–H and O–H groups in total. The van der Waals surface area contributed by atoms with Crippen LogP contribution in [0.5, 0.6) is 0 Å². The quantitative estimate of drug-likeness (QED) is 0.0262. The highest BCUT2D eigenvalue weighted by Crippen LogP contribution is 2.13. The van der Waals surface area contributed by atoms with Crippen molar-refractivity contribution in [1.82, 2.24) is 0 Å². The Hall–Kier alpha value is -4.19. The van der Waals surface area contributed by atoms with E-state index in [1.54, 1.807) is 0 Å². The van der Waals surface area contributed by atoms with Crippen LogP contribution in [0, 0.1) is 0 Å². The Kier molecular flexibility index (Phi) is 53.0. The molecular weight excluding hydrogens is 853 g/mol. The van der Waals surface area contributed by atoms with E-state index in [0.29, 0.717) is 19.3 Å². The summed E-state index contributed by atoms with van der Waals surface area (Å²) in [5.41, 5.74) is 0. The van der Waals surface area contributed by atoms with Crippen molar-refractivity contribution in [3.05, 3.63) is 122 Å². The van der Waals surface area contributed by atoms with Gasteiger partial charge in [-0.15, -0.1) is 0 Å². The molecule has 0 saturated heterocycles. The first-order valence-electron chi connectivity index (χ1n) is 28.0. The second-order valence-electron chi connectivity index (χ2n) is 18.1. The molecule has 69 heavy (non-hydrogen) atoms. The largest absolute Gasteiger partial charge is 0.462 e. The average Bonchev–Trinajstić information content (AvgIpc) is 3.35. The second-order valence-corrected chi connectivity index (χ2v) is 18.1. The molecule has 1 atom stereocenters. The number of esters is 3. The highest BCUT2D eigenvalue weighted by atomic mass is 16.6. The van der Waals surface area contributed by atoms with Gasteiger partial charge in [0.25, 0.3) is 0 Å². The lowest BCUT2D eigenvalue weighted by Gasteiger charge is -2.18. The van der Waals surface area contributed by atoms with E-state index < -0.39 is 6.10 Å². The van der Waals surface area contributed by atoms with E-state index in [1.807, 2.05) is 0 Å². The minimum absolute atomic E-state index is 0.0861. The van der Waals surface area contributed by atoms with Crippen molar-refractivity contribution in [3.8, 4) is 0 Å². The highest BCUT2D eigenvalue weighted by Gasteiger charge is 2.19. The van der Waals surface area contributed by atoms with Crippen molar-refractivity contribution in [2.45, 2.75) is 245 Å². The molecule has 0 aromatic carbocycles. The first kappa shape index (κ1) is 64.8. The number of hydrogen-bond acceptors (Lipinski definition) is 6. The maximum atomic E-state index is 12.7. The van der Waals surface area contributed by atoms with E-state index in [2.05, 4.69) is 142 Å². The molecule has 390 valence electrons. The van der Waals surface area contributed by atoms with E-state index in [-0.39, 0.29) is 31.1 Å². The Morgan fingerprint density at radius 3 is 0.957 bits per heavy atom. The first-order valence-corrected chi connectivity index (χ1v) is 28.0. The summed E-state index contributed by atoms with van der Waals surface area (Å²) in [5.74, 6) is -0.925. The summed E-state index contributed by atoms with van der Waals surface area (Å²) in [4.78, 5) is 37.7. The van der Waals surface area contributed by atoms with Crippen LogP contribution < -0.4 is 0 Å². The minimum Gasteiger partial charge on any atom is -0.462 e. The molecule has 0 rings (SSSR count). The smallest absolute Gasteiger partial charge is 0.306 e. The molecule has 0 fully saturated rings. The third kappa shape index (κ3) is 54.6. The van der Waals surface area contributed by atoms with Crippen molar-refractivity contribution in [1.29, 1.82) is 0 Å². The van der Waals surface area contributed by atoms with Crippen LogP contribution in [0.1, 0.15) is 239 Å². The normalized spacial score (nSPS) is 13.0. The fourth-order valence-electron chi connectivity index (χ4n) is 7.26. The molecule has 0 bridgehead atoms. The van der Waals surface area contributed by atoms with Crippen LogP contribution in [-0.4, -0.2) is 37.2 Å². The molecule has 0 aliphatic heterocycles. The summed E-state index contributed by atoms with van der Waals surface area (Å²) >= 11 is 0. The summed E-state index contributed by atoms with van der Waals surface area (Å²) in [6.07, 6.45) is 78.1. The molecule has 0 heterocycles. The Bertz CT molecular complexity index is 1470. The van der Waals surface area contributed by atoms with Crippen molar-refractivity contribution >= 4 is 17.9 Å². The predicted octanol–water partition coefficient (Wildman–Crippen LogP) is 18.9. The van der Waals surface area contributed by atoms with Crippen LogP contribution in [0.3, 0.4) is 0 Å². The number of rotatable bonds is 49. The van der Waals surface area contributed by atoms with E-state index in [4.69, 9.17) is 14.2 Å². The summed E-state index contributed by atoms with van der Waals surface area (Å²) in [5, 5.41) is 0. The number of allylic oxidation sites excluding steroid dienone is 20.